The van der Waals surface area contributed by atoms with E-state index in [1.165, 1.54) is 0 Å². The van der Waals surface area contributed by atoms with Crippen LogP contribution in [-0.4, -0.2) is 6.29 Å². The number of carbonyl (C=O) groups is 1. The third-order valence-corrected chi connectivity index (χ3v) is 0.272. The van der Waals surface area contributed by atoms with Crippen molar-refractivity contribution < 1.29 is 57.6 Å². The van der Waals surface area contributed by atoms with Gasteiger partial charge in [-0.15, -0.1) is 0 Å². The molecule has 0 saturated carbocycles. The molecule has 0 amide bonds. The summed E-state index contributed by atoms with van der Waals surface area (Å²) >= 11 is 0. The number of rotatable bonds is 1. The number of carbonyl (C=O) groups excluding carboxylic acids is 1. The Hall–Kier alpha value is 1.31. The summed E-state index contributed by atoms with van der Waals surface area (Å²) in [5.41, 5.74) is 0. The molecule has 0 fully saturated rings. The molecule has 0 aliphatic rings. The van der Waals surface area contributed by atoms with Crippen LogP contribution in [0.2, 0.25) is 0 Å². The molecule has 0 N–H and O–H groups in total. The average molecular weight is 112 g/mol. The van der Waals surface area contributed by atoms with E-state index in [9.17, 15) is 4.79 Å². The first-order chi connectivity index (χ1) is 2.27. The van der Waals surface area contributed by atoms with Crippen molar-refractivity contribution in [3.05, 3.63) is 0 Å². The molecule has 0 aliphatic heterocycles. The predicted molar refractivity (Wildman–Crippen MR) is 22.0 cm³/mol. The van der Waals surface area contributed by atoms with Crippen LogP contribution in [0.4, 0.5) is 0 Å². The van der Waals surface area contributed by atoms with Gasteiger partial charge in [0.2, 0.25) is 0 Å². The van der Waals surface area contributed by atoms with Crippen LogP contribution in [0.25, 0.3) is 0 Å². The summed E-state index contributed by atoms with van der Waals surface area (Å²) in [6, 6.07) is 0. The molecule has 0 radical (unpaired) electrons. The summed E-state index contributed by atoms with van der Waals surface area (Å²) in [6.07, 6.45) is 0.917. The second kappa shape index (κ2) is 6.31. The van der Waals surface area contributed by atoms with Gasteiger partial charge in [-0.3, -0.25) is 0 Å². The van der Waals surface area contributed by atoms with Crippen molar-refractivity contribution in [2.45, 2.75) is 13.8 Å². The van der Waals surface area contributed by atoms with Gasteiger partial charge in [-0.2, -0.15) is 0 Å². The summed E-state index contributed by atoms with van der Waals surface area (Å²) in [5, 5.41) is 0. The molecule has 32 valence electrons. The summed E-state index contributed by atoms with van der Waals surface area (Å²) in [4.78, 5) is 9.50. The summed E-state index contributed by atoms with van der Waals surface area (Å²) in [7, 11) is 0. The Kier molecular flexibility index (Phi) is 10.8. The number of aldehydes is 1. The van der Waals surface area contributed by atoms with Gasteiger partial charge in [-0.25, -0.2) is 0 Å². The third kappa shape index (κ3) is 9.00. The Morgan fingerprint density at radius 1 is 1.67 bits per heavy atom. The van der Waals surface area contributed by atoms with Crippen LogP contribution in [0.1, 0.15) is 15.3 Å². The maximum Gasteiger partial charge on any atom is 1.00 e. The van der Waals surface area contributed by atoms with E-state index in [2.05, 4.69) is 0 Å². The molecular weight excluding hydrogens is 103 g/mol. The molecule has 0 unspecified atom stereocenters. The van der Waals surface area contributed by atoms with E-state index in [4.69, 9.17) is 0 Å². The van der Waals surface area contributed by atoms with Crippen LogP contribution in [-0.2, 0) is 4.79 Å². The Morgan fingerprint density at radius 2 is 1.83 bits per heavy atom. The smallest absolute Gasteiger partial charge is 1.00 e. The second-order valence-electron chi connectivity index (χ2n) is 1.38. The first kappa shape index (κ1) is 10.3. The minimum absolute atomic E-state index is 0. The van der Waals surface area contributed by atoms with Gasteiger partial charge in [0, 0.05) is 5.92 Å². The minimum Gasteiger partial charge on any atom is -1.00 e. The van der Waals surface area contributed by atoms with Gasteiger partial charge in [-0.05, 0) is 0 Å². The van der Waals surface area contributed by atoms with E-state index in [0.717, 1.165) is 6.29 Å². The van der Waals surface area contributed by atoms with Gasteiger partial charge in [0.05, 0.1) is 0 Å². The fraction of sp³-hybridized carbons (Fsp3) is 0.750. The van der Waals surface area contributed by atoms with Crippen molar-refractivity contribution >= 4 is 6.29 Å². The normalized spacial score (nSPS) is 7.17. The van der Waals surface area contributed by atoms with E-state index in [-0.39, 0.29) is 58.7 Å². The predicted octanol–water partition coefficient (Wildman–Crippen LogP) is -2.04. The van der Waals surface area contributed by atoms with Crippen LogP contribution in [0, 0.1) is 5.92 Å². The maximum absolute atomic E-state index is 9.50. The van der Waals surface area contributed by atoms with Gasteiger partial charge in [0.25, 0.3) is 0 Å². The zero-order valence-electron chi connectivity index (χ0n) is 5.56. The van der Waals surface area contributed by atoms with Crippen molar-refractivity contribution in [2.24, 2.45) is 5.92 Å². The maximum atomic E-state index is 9.50. The van der Waals surface area contributed by atoms with Crippen LogP contribution >= 0.6 is 0 Å². The summed E-state index contributed by atoms with van der Waals surface area (Å²) in [5.74, 6) is 0.204. The van der Waals surface area contributed by atoms with Crippen molar-refractivity contribution in [1.29, 1.82) is 0 Å². The molecule has 0 bridgehead atoms. The van der Waals surface area contributed by atoms with E-state index in [1.54, 1.807) is 0 Å². The van der Waals surface area contributed by atoms with Crippen molar-refractivity contribution in [3.8, 4) is 0 Å². The SMILES string of the molecule is CC(C)C=O.[H-].[K+]. The molecular formula is C4H9KO. The quantitative estimate of drug-likeness (QED) is 0.282. The van der Waals surface area contributed by atoms with Crippen molar-refractivity contribution in [1.82, 2.24) is 0 Å². The van der Waals surface area contributed by atoms with E-state index in [1.807, 2.05) is 13.8 Å². The first-order valence-corrected chi connectivity index (χ1v) is 1.72. The molecule has 0 aromatic carbocycles. The zero-order chi connectivity index (χ0) is 4.28. The van der Waals surface area contributed by atoms with Gasteiger partial charge in [0.1, 0.15) is 6.29 Å². The van der Waals surface area contributed by atoms with Gasteiger partial charge in [0.15, 0.2) is 0 Å². The molecule has 0 aromatic rings. The molecule has 0 heterocycles. The topological polar surface area (TPSA) is 17.1 Å². The Bertz CT molecular complexity index is 38.7. The van der Waals surface area contributed by atoms with E-state index in [0.29, 0.717) is 0 Å². The number of hydrogen-bond donors (Lipinski definition) is 0. The van der Waals surface area contributed by atoms with Crippen LogP contribution in [0.3, 0.4) is 0 Å². The van der Waals surface area contributed by atoms with E-state index >= 15 is 0 Å². The first-order valence-electron chi connectivity index (χ1n) is 1.72. The average Bonchev–Trinajstić information content (AvgIpc) is 1.38. The third-order valence-electron chi connectivity index (χ3n) is 0.272. The molecule has 0 aromatic heterocycles. The molecule has 0 atom stereocenters. The largest absolute Gasteiger partial charge is 1.00 e. The van der Waals surface area contributed by atoms with Gasteiger partial charge in [-0.1, -0.05) is 13.8 Å². The fourth-order valence-electron chi connectivity index (χ4n) is 0. The molecule has 0 saturated heterocycles. The van der Waals surface area contributed by atoms with Crippen molar-refractivity contribution in [2.75, 3.05) is 0 Å². The molecule has 1 nitrogen and oxygen atoms in total. The van der Waals surface area contributed by atoms with Crippen molar-refractivity contribution in [3.63, 3.8) is 0 Å². The van der Waals surface area contributed by atoms with Crippen LogP contribution in [0.15, 0.2) is 0 Å². The van der Waals surface area contributed by atoms with E-state index < -0.39 is 0 Å². The summed E-state index contributed by atoms with van der Waals surface area (Å²) < 4.78 is 0. The summed E-state index contributed by atoms with van der Waals surface area (Å²) in [6.45, 7) is 3.71. The zero-order valence-corrected chi connectivity index (χ0v) is 7.69. The van der Waals surface area contributed by atoms with Gasteiger partial charge >= 0.3 is 51.4 Å². The Balaban J connectivity index is -0.0000000800. The fourth-order valence-corrected chi connectivity index (χ4v) is 0. The molecule has 0 aliphatic carbocycles. The monoisotopic (exact) mass is 112 g/mol. The molecule has 2 heteroatoms. The molecule has 0 rings (SSSR count). The van der Waals surface area contributed by atoms with Crippen LogP contribution in [0.5, 0.6) is 0 Å². The Morgan fingerprint density at radius 3 is 1.83 bits per heavy atom. The number of hydrogen-bond acceptors (Lipinski definition) is 1. The van der Waals surface area contributed by atoms with Gasteiger partial charge < -0.3 is 6.22 Å². The molecule has 0 spiro atoms. The minimum atomic E-state index is 0. The molecule has 6 heavy (non-hydrogen) atoms. The van der Waals surface area contributed by atoms with Crippen LogP contribution < -0.4 is 51.4 Å². The second-order valence-corrected chi connectivity index (χ2v) is 1.38. The standard InChI is InChI=1S/C4H8O.K.H/c1-4(2)3-5;;/h3-4H,1-2H3;;/q;+1;-1. The Labute approximate surface area is 82.4 Å².